The van der Waals surface area contributed by atoms with Crippen molar-refractivity contribution in [1.82, 2.24) is 0 Å². The van der Waals surface area contributed by atoms with E-state index in [2.05, 4.69) is 194 Å². The molecule has 0 amide bonds. The summed E-state index contributed by atoms with van der Waals surface area (Å²) in [6.45, 7) is 0. The van der Waals surface area contributed by atoms with E-state index >= 15 is 0 Å². The van der Waals surface area contributed by atoms with Crippen molar-refractivity contribution in [3.63, 3.8) is 0 Å². The lowest BCUT2D eigenvalue weighted by atomic mass is 9.85. The Morgan fingerprint density at radius 3 is 0.746 bits per heavy atom. The molecular weight excluding hydrogens is 817 g/mol. The zero-order valence-electron chi connectivity index (χ0n) is 36.0. The number of fused-ring (bicyclic) bond motifs is 13. The maximum Gasteiger partial charge on any atom is 0.136 e. The van der Waals surface area contributed by atoms with Crippen molar-refractivity contribution in [3.8, 4) is 44.5 Å². The minimum absolute atomic E-state index is 0.867. The van der Waals surface area contributed by atoms with Crippen LogP contribution in [0.5, 0.6) is 0 Å². The highest BCUT2D eigenvalue weighted by molar-refractivity contribution is 6.25. The molecule has 0 bridgehead atoms. The lowest BCUT2D eigenvalue weighted by Gasteiger charge is -2.18. The second kappa shape index (κ2) is 13.8. The van der Waals surface area contributed by atoms with Crippen LogP contribution in [0.15, 0.2) is 232 Å². The predicted molar refractivity (Wildman–Crippen MR) is 280 cm³/mol. The van der Waals surface area contributed by atoms with Crippen molar-refractivity contribution in [2.45, 2.75) is 0 Å². The number of furan rings is 3. The summed E-state index contributed by atoms with van der Waals surface area (Å²) in [6, 6.07) is 78.7. The van der Waals surface area contributed by atoms with Gasteiger partial charge in [-0.25, -0.2) is 0 Å². The molecule has 15 aromatic rings. The predicted octanol–water partition coefficient (Wildman–Crippen LogP) is 18.7. The Morgan fingerprint density at radius 1 is 0.164 bits per heavy atom. The van der Waals surface area contributed by atoms with Crippen LogP contribution in [-0.4, -0.2) is 0 Å². The Labute approximate surface area is 383 Å². The first-order valence-electron chi connectivity index (χ1n) is 22.9. The number of para-hydroxylation sites is 2. The molecule has 0 aliphatic heterocycles. The lowest BCUT2D eigenvalue weighted by Crippen LogP contribution is -1.91. The van der Waals surface area contributed by atoms with Gasteiger partial charge in [-0.15, -0.1) is 0 Å². The molecule has 3 heteroatoms. The van der Waals surface area contributed by atoms with Crippen molar-refractivity contribution in [2.75, 3.05) is 0 Å². The van der Waals surface area contributed by atoms with Crippen LogP contribution in [0.1, 0.15) is 0 Å². The quantitative estimate of drug-likeness (QED) is 0.166. The maximum absolute atomic E-state index is 6.79. The summed E-state index contributed by atoms with van der Waals surface area (Å²) < 4.78 is 19.3. The van der Waals surface area contributed by atoms with Crippen LogP contribution in [0.4, 0.5) is 0 Å². The van der Waals surface area contributed by atoms with E-state index in [1.54, 1.807) is 0 Å². The largest absolute Gasteiger partial charge is 0.456 e. The molecule has 12 aromatic carbocycles. The smallest absolute Gasteiger partial charge is 0.136 e. The van der Waals surface area contributed by atoms with Gasteiger partial charge < -0.3 is 13.3 Å². The summed E-state index contributed by atoms with van der Waals surface area (Å²) in [7, 11) is 0. The normalized spacial score (nSPS) is 12.2. The number of rotatable bonds is 4. The molecule has 0 spiro atoms. The summed E-state index contributed by atoms with van der Waals surface area (Å²) in [5, 5.41) is 16.4. The number of hydrogen-bond acceptors (Lipinski definition) is 3. The van der Waals surface area contributed by atoms with Gasteiger partial charge in [0.15, 0.2) is 0 Å². The molecule has 3 nitrogen and oxygen atoms in total. The van der Waals surface area contributed by atoms with E-state index in [1.807, 2.05) is 24.3 Å². The van der Waals surface area contributed by atoms with Gasteiger partial charge in [0.2, 0.25) is 0 Å². The van der Waals surface area contributed by atoms with Gasteiger partial charge in [0.05, 0.1) is 0 Å². The molecule has 0 saturated carbocycles. The van der Waals surface area contributed by atoms with Gasteiger partial charge in [-0.1, -0.05) is 158 Å². The number of hydrogen-bond donors (Lipinski definition) is 0. The summed E-state index contributed by atoms with van der Waals surface area (Å²) in [4.78, 5) is 0. The Hall–Kier alpha value is -8.92. The molecule has 0 saturated heterocycles. The van der Waals surface area contributed by atoms with Gasteiger partial charge in [0, 0.05) is 32.3 Å². The van der Waals surface area contributed by atoms with Crippen molar-refractivity contribution < 1.29 is 13.3 Å². The third-order valence-corrected chi connectivity index (χ3v) is 14.2. The van der Waals surface area contributed by atoms with Crippen molar-refractivity contribution in [3.05, 3.63) is 218 Å². The van der Waals surface area contributed by atoms with E-state index in [1.165, 1.54) is 76.5 Å². The first-order valence-corrected chi connectivity index (χ1v) is 22.9. The van der Waals surface area contributed by atoms with E-state index in [0.29, 0.717) is 0 Å². The van der Waals surface area contributed by atoms with Crippen molar-refractivity contribution in [1.29, 1.82) is 0 Å². The van der Waals surface area contributed by atoms with E-state index in [-0.39, 0.29) is 0 Å². The summed E-state index contributed by atoms with van der Waals surface area (Å²) in [6.07, 6.45) is 0. The Balaban J connectivity index is 0.898. The van der Waals surface area contributed by atoms with Crippen LogP contribution in [0, 0.1) is 0 Å². The Bertz CT molecular complexity index is 4460. The monoisotopic (exact) mass is 852 g/mol. The first kappa shape index (κ1) is 36.4. The van der Waals surface area contributed by atoms with Gasteiger partial charge >= 0.3 is 0 Å². The molecule has 15 rings (SSSR count). The summed E-state index contributed by atoms with van der Waals surface area (Å²) in [5.74, 6) is 0. The fourth-order valence-electron chi connectivity index (χ4n) is 11.4. The van der Waals surface area contributed by atoms with Crippen LogP contribution >= 0.6 is 0 Å². The molecule has 0 radical (unpaired) electrons. The third-order valence-electron chi connectivity index (χ3n) is 14.2. The lowest BCUT2D eigenvalue weighted by molar-refractivity contribution is 0.668. The number of benzene rings is 12. The Morgan fingerprint density at radius 2 is 0.403 bits per heavy atom. The van der Waals surface area contributed by atoms with Gasteiger partial charge in [-0.05, 0) is 148 Å². The highest BCUT2D eigenvalue weighted by atomic mass is 16.3. The molecule has 3 aromatic heterocycles. The molecule has 0 aliphatic rings. The minimum atomic E-state index is 0.867. The van der Waals surface area contributed by atoms with Crippen molar-refractivity contribution >= 4 is 109 Å². The second-order valence-electron chi connectivity index (χ2n) is 17.8. The standard InChI is InChI=1S/C64H36O3/c1-3-17-46-44(15-1)61(37-26-30-57-52(33-37)41-13-9-11-23-55(41)65-57)45-16-2-4-18-47(45)63(46)39-28-32-59-54(35-39)43-29-25-40(36-60(43)67-59)64-50-21-7-5-19-48(50)62(49-20-6-8-22-51(49)64)38-27-31-58-53(34-38)42-14-10-12-24-56(42)66-58/h1-36H. The maximum atomic E-state index is 6.79. The van der Waals surface area contributed by atoms with E-state index in [9.17, 15) is 0 Å². The molecule has 310 valence electrons. The summed E-state index contributed by atoms with van der Waals surface area (Å²) in [5.41, 5.74) is 14.8. The van der Waals surface area contributed by atoms with Crippen molar-refractivity contribution in [2.24, 2.45) is 0 Å². The fourth-order valence-corrected chi connectivity index (χ4v) is 11.4. The molecule has 67 heavy (non-hydrogen) atoms. The van der Waals surface area contributed by atoms with Gasteiger partial charge in [-0.3, -0.25) is 0 Å². The third kappa shape index (κ3) is 5.28. The fraction of sp³-hybridized carbons (Fsp3) is 0. The van der Waals surface area contributed by atoms with Crippen LogP contribution in [0.25, 0.3) is 153 Å². The molecule has 0 fully saturated rings. The van der Waals surface area contributed by atoms with E-state index in [0.717, 1.165) is 76.9 Å². The summed E-state index contributed by atoms with van der Waals surface area (Å²) >= 11 is 0. The van der Waals surface area contributed by atoms with E-state index < -0.39 is 0 Å². The Kier molecular flexibility index (Phi) is 7.50. The highest BCUT2D eigenvalue weighted by Gasteiger charge is 2.22. The van der Waals surface area contributed by atoms with Gasteiger partial charge in [-0.2, -0.15) is 0 Å². The first-order chi connectivity index (χ1) is 33.2. The van der Waals surface area contributed by atoms with Crippen LogP contribution < -0.4 is 0 Å². The zero-order chi connectivity index (χ0) is 43.7. The molecule has 3 heterocycles. The van der Waals surface area contributed by atoms with Gasteiger partial charge in [0.1, 0.15) is 33.5 Å². The highest BCUT2D eigenvalue weighted by Crippen LogP contribution is 2.48. The molecule has 0 N–H and O–H groups in total. The zero-order valence-corrected chi connectivity index (χ0v) is 36.0. The molecular formula is C64H36O3. The molecule has 0 atom stereocenters. The average Bonchev–Trinajstić information content (AvgIpc) is 4.07. The van der Waals surface area contributed by atoms with Crippen LogP contribution in [0.3, 0.4) is 0 Å². The van der Waals surface area contributed by atoms with Crippen LogP contribution in [-0.2, 0) is 0 Å². The topological polar surface area (TPSA) is 39.4 Å². The minimum Gasteiger partial charge on any atom is -0.456 e. The second-order valence-corrected chi connectivity index (χ2v) is 17.8. The van der Waals surface area contributed by atoms with Crippen LogP contribution in [0.2, 0.25) is 0 Å². The average molecular weight is 853 g/mol. The molecule has 0 unspecified atom stereocenters. The van der Waals surface area contributed by atoms with Gasteiger partial charge in [0.25, 0.3) is 0 Å². The molecule has 0 aliphatic carbocycles. The SMILES string of the molecule is c1ccc2c(c1)oc1ccc(-c3c4ccccc4c(-c4ccc5c(c4)oc4ccc(-c6c7ccccc7c(-c7ccc8oc9ccccc9c8c7)c7ccccc67)cc45)c4ccccc34)cc12. The van der Waals surface area contributed by atoms with E-state index in [4.69, 9.17) is 13.3 Å².